The summed E-state index contributed by atoms with van der Waals surface area (Å²) < 4.78 is 0. The van der Waals surface area contributed by atoms with Crippen LogP contribution >= 0.6 is 0 Å². The summed E-state index contributed by atoms with van der Waals surface area (Å²) in [5, 5.41) is 13.1. The molecule has 0 aromatic carbocycles. The van der Waals surface area contributed by atoms with Crippen LogP contribution in [-0.4, -0.2) is 46.7 Å². The Morgan fingerprint density at radius 2 is 1.94 bits per heavy atom. The van der Waals surface area contributed by atoms with E-state index < -0.39 is 5.60 Å². The Hall–Kier alpha value is -0.610. The summed E-state index contributed by atoms with van der Waals surface area (Å²) in [4.78, 5) is 14.0. The minimum atomic E-state index is -0.557. The van der Waals surface area contributed by atoms with Gasteiger partial charge in [-0.15, -0.1) is 0 Å². The number of amides is 1. The lowest BCUT2D eigenvalue weighted by atomic mass is 9.88. The SMILES string of the molecule is CCCC(C)NC(=O)C(C)N1CC(O)(CCC)C1. The van der Waals surface area contributed by atoms with Crippen LogP contribution in [0, 0.1) is 0 Å². The average molecular weight is 256 g/mol. The highest BCUT2D eigenvalue weighted by Crippen LogP contribution is 2.27. The molecule has 0 bridgehead atoms. The summed E-state index contributed by atoms with van der Waals surface area (Å²) in [5.74, 6) is 0.0782. The van der Waals surface area contributed by atoms with Crippen molar-refractivity contribution in [3.8, 4) is 0 Å². The van der Waals surface area contributed by atoms with Crippen molar-refractivity contribution in [2.24, 2.45) is 0 Å². The summed E-state index contributed by atoms with van der Waals surface area (Å²) in [6, 6.07) is 0.0992. The quantitative estimate of drug-likeness (QED) is 0.726. The van der Waals surface area contributed by atoms with Crippen LogP contribution in [0.5, 0.6) is 0 Å². The Bertz CT molecular complexity index is 275. The topological polar surface area (TPSA) is 52.6 Å². The van der Waals surface area contributed by atoms with Gasteiger partial charge in [-0.05, 0) is 26.7 Å². The summed E-state index contributed by atoms with van der Waals surface area (Å²) in [7, 11) is 0. The van der Waals surface area contributed by atoms with Gasteiger partial charge in [-0.1, -0.05) is 26.7 Å². The summed E-state index contributed by atoms with van der Waals surface area (Å²) >= 11 is 0. The lowest BCUT2D eigenvalue weighted by Gasteiger charge is -2.49. The predicted octanol–water partition coefficient (Wildman–Crippen LogP) is 1.53. The van der Waals surface area contributed by atoms with Crippen LogP contribution in [0.2, 0.25) is 0 Å². The van der Waals surface area contributed by atoms with Crippen LogP contribution in [0.25, 0.3) is 0 Å². The number of hydrogen-bond donors (Lipinski definition) is 2. The van der Waals surface area contributed by atoms with Crippen molar-refractivity contribution in [1.82, 2.24) is 10.2 Å². The molecule has 1 saturated heterocycles. The molecule has 0 aromatic rings. The van der Waals surface area contributed by atoms with Gasteiger partial charge in [0, 0.05) is 19.1 Å². The van der Waals surface area contributed by atoms with Crippen molar-refractivity contribution in [2.75, 3.05) is 13.1 Å². The lowest BCUT2D eigenvalue weighted by molar-refractivity contribution is -0.144. The number of carbonyl (C=O) groups is 1. The minimum Gasteiger partial charge on any atom is -0.387 e. The third-order valence-corrected chi connectivity index (χ3v) is 3.75. The Morgan fingerprint density at radius 1 is 1.33 bits per heavy atom. The lowest BCUT2D eigenvalue weighted by Crippen LogP contribution is -2.66. The fraction of sp³-hybridized carbons (Fsp3) is 0.929. The molecule has 0 aliphatic carbocycles. The van der Waals surface area contributed by atoms with Gasteiger partial charge in [0.2, 0.25) is 5.91 Å². The molecule has 106 valence electrons. The molecule has 0 saturated carbocycles. The maximum absolute atomic E-state index is 12.0. The second-order valence-electron chi connectivity index (χ2n) is 5.75. The number of nitrogens with one attached hydrogen (secondary N) is 1. The Kier molecular flexibility index (Phi) is 5.60. The van der Waals surface area contributed by atoms with E-state index in [0.29, 0.717) is 13.1 Å². The number of β-amino-alcohol motifs (C(OH)–C–C–N with tert-alkyl or cyclic N) is 1. The predicted molar refractivity (Wildman–Crippen MR) is 73.4 cm³/mol. The highest BCUT2D eigenvalue weighted by atomic mass is 16.3. The Morgan fingerprint density at radius 3 is 2.44 bits per heavy atom. The summed E-state index contributed by atoms with van der Waals surface area (Å²) in [6.45, 7) is 9.39. The Labute approximate surface area is 111 Å². The second kappa shape index (κ2) is 6.53. The van der Waals surface area contributed by atoms with E-state index in [1.54, 1.807) is 0 Å². The van der Waals surface area contributed by atoms with E-state index in [-0.39, 0.29) is 18.0 Å². The van der Waals surface area contributed by atoms with Crippen LogP contribution in [0.3, 0.4) is 0 Å². The molecule has 4 nitrogen and oxygen atoms in total. The highest BCUT2D eigenvalue weighted by molar-refractivity contribution is 5.81. The maximum atomic E-state index is 12.0. The zero-order valence-corrected chi connectivity index (χ0v) is 12.2. The first-order chi connectivity index (χ1) is 8.41. The number of likely N-dealkylation sites (tertiary alicyclic amines) is 1. The van der Waals surface area contributed by atoms with Crippen LogP contribution in [0.1, 0.15) is 53.4 Å². The molecule has 1 aliphatic rings. The average Bonchev–Trinajstić information content (AvgIpc) is 2.25. The van der Waals surface area contributed by atoms with Crippen molar-refractivity contribution in [3.63, 3.8) is 0 Å². The fourth-order valence-corrected chi connectivity index (χ4v) is 2.64. The third kappa shape index (κ3) is 3.95. The standard InChI is InChI=1S/C14H28N2O2/c1-5-7-11(3)15-13(17)12(4)16-9-14(18,10-16)8-6-2/h11-12,18H,5-10H2,1-4H3,(H,15,17). The number of hydrogen-bond acceptors (Lipinski definition) is 3. The van der Waals surface area contributed by atoms with Gasteiger partial charge in [0.05, 0.1) is 11.6 Å². The van der Waals surface area contributed by atoms with E-state index in [0.717, 1.165) is 25.7 Å². The highest BCUT2D eigenvalue weighted by Gasteiger charge is 2.43. The van der Waals surface area contributed by atoms with E-state index in [9.17, 15) is 9.90 Å². The molecule has 1 heterocycles. The van der Waals surface area contributed by atoms with Crippen LogP contribution in [0.4, 0.5) is 0 Å². The van der Waals surface area contributed by atoms with Gasteiger partial charge in [0.1, 0.15) is 0 Å². The molecule has 1 aliphatic heterocycles. The normalized spacial score (nSPS) is 22.1. The van der Waals surface area contributed by atoms with E-state index in [2.05, 4.69) is 19.2 Å². The zero-order valence-electron chi connectivity index (χ0n) is 12.2. The monoisotopic (exact) mass is 256 g/mol. The number of nitrogens with zero attached hydrogens (tertiary/aromatic N) is 1. The van der Waals surface area contributed by atoms with E-state index >= 15 is 0 Å². The third-order valence-electron chi connectivity index (χ3n) is 3.75. The van der Waals surface area contributed by atoms with Gasteiger partial charge in [-0.3, -0.25) is 9.69 Å². The van der Waals surface area contributed by atoms with Crippen LogP contribution in [0.15, 0.2) is 0 Å². The van der Waals surface area contributed by atoms with E-state index in [1.165, 1.54) is 0 Å². The minimum absolute atomic E-state index is 0.0782. The molecule has 18 heavy (non-hydrogen) atoms. The van der Waals surface area contributed by atoms with Crippen molar-refractivity contribution in [3.05, 3.63) is 0 Å². The zero-order chi connectivity index (χ0) is 13.8. The number of rotatable bonds is 7. The first kappa shape index (κ1) is 15.4. The molecule has 2 N–H and O–H groups in total. The maximum Gasteiger partial charge on any atom is 0.237 e. The molecule has 1 amide bonds. The molecule has 0 spiro atoms. The first-order valence-electron chi connectivity index (χ1n) is 7.18. The van der Waals surface area contributed by atoms with Crippen LogP contribution < -0.4 is 5.32 Å². The summed E-state index contributed by atoms with van der Waals surface area (Å²) in [6.07, 6.45) is 3.90. The molecule has 2 atom stereocenters. The molecule has 0 radical (unpaired) electrons. The first-order valence-corrected chi connectivity index (χ1v) is 7.18. The summed E-state index contributed by atoms with van der Waals surface area (Å²) in [5.41, 5.74) is -0.557. The van der Waals surface area contributed by atoms with Gasteiger partial charge in [0.25, 0.3) is 0 Å². The second-order valence-corrected chi connectivity index (χ2v) is 5.75. The van der Waals surface area contributed by atoms with Gasteiger partial charge in [-0.25, -0.2) is 0 Å². The van der Waals surface area contributed by atoms with Crippen molar-refractivity contribution >= 4 is 5.91 Å². The van der Waals surface area contributed by atoms with Crippen molar-refractivity contribution < 1.29 is 9.90 Å². The molecule has 0 aromatic heterocycles. The van der Waals surface area contributed by atoms with Crippen LogP contribution in [-0.2, 0) is 4.79 Å². The fourth-order valence-electron chi connectivity index (χ4n) is 2.64. The van der Waals surface area contributed by atoms with Gasteiger partial charge in [-0.2, -0.15) is 0 Å². The molecular weight excluding hydrogens is 228 g/mol. The molecule has 2 unspecified atom stereocenters. The van der Waals surface area contributed by atoms with E-state index in [4.69, 9.17) is 0 Å². The molecular formula is C14H28N2O2. The molecule has 1 rings (SSSR count). The number of aliphatic hydroxyl groups is 1. The van der Waals surface area contributed by atoms with Gasteiger partial charge < -0.3 is 10.4 Å². The molecule has 4 heteroatoms. The largest absolute Gasteiger partial charge is 0.387 e. The smallest absolute Gasteiger partial charge is 0.237 e. The molecule has 1 fully saturated rings. The van der Waals surface area contributed by atoms with Gasteiger partial charge >= 0.3 is 0 Å². The number of carbonyl (C=O) groups excluding carboxylic acids is 1. The van der Waals surface area contributed by atoms with Crippen molar-refractivity contribution in [2.45, 2.75) is 71.1 Å². The van der Waals surface area contributed by atoms with Gasteiger partial charge in [0.15, 0.2) is 0 Å². The Balaban J connectivity index is 2.33. The van der Waals surface area contributed by atoms with Crippen molar-refractivity contribution in [1.29, 1.82) is 0 Å². The van der Waals surface area contributed by atoms with E-state index in [1.807, 2.05) is 18.7 Å².